The molecule has 0 bridgehead atoms. The van der Waals surface area contributed by atoms with Crippen molar-refractivity contribution in [1.82, 2.24) is 9.97 Å². The number of thiophene rings is 1. The van der Waals surface area contributed by atoms with Crippen LogP contribution in [0.1, 0.15) is 58.3 Å². The molecule has 42 heavy (non-hydrogen) atoms. The Morgan fingerprint density at radius 3 is 2.67 bits per heavy atom. The summed E-state index contributed by atoms with van der Waals surface area (Å²) in [4.78, 5) is 32.4. The van der Waals surface area contributed by atoms with Gasteiger partial charge >= 0.3 is 16.3 Å². The number of anilines is 1. The smallest absolute Gasteiger partial charge is 0.338 e. The van der Waals surface area contributed by atoms with E-state index in [0.717, 1.165) is 34.4 Å². The highest BCUT2D eigenvalue weighted by molar-refractivity contribution is 7.84. The van der Waals surface area contributed by atoms with Crippen LogP contribution in [0.2, 0.25) is 0 Å². The summed E-state index contributed by atoms with van der Waals surface area (Å²) in [5, 5.41) is 21.7. The number of carbonyl (C=O) groups is 1. The Labute approximate surface area is 245 Å². The van der Waals surface area contributed by atoms with Crippen LogP contribution in [0.5, 0.6) is 0 Å². The number of esters is 1. The predicted octanol–water partition coefficient (Wildman–Crippen LogP) is 4.64. The molecule has 1 fully saturated rings. The number of nitrogens with two attached hydrogens (primary N) is 1. The molecule has 1 saturated carbocycles. The molecule has 2 aromatic heterocycles. The van der Waals surface area contributed by atoms with Gasteiger partial charge in [0.2, 0.25) is 0 Å². The summed E-state index contributed by atoms with van der Waals surface area (Å²) in [7, 11) is -4.20. The Balaban J connectivity index is 1.23. The molecule has 12 nitrogen and oxygen atoms in total. The van der Waals surface area contributed by atoms with Gasteiger partial charge in [0.25, 0.3) is 5.69 Å². The van der Waals surface area contributed by atoms with Crippen LogP contribution in [0.25, 0.3) is 10.2 Å². The van der Waals surface area contributed by atoms with Gasteiger partial charge in [-0.15, -0.1) is 11.3 Å². The minimum absolute atomic E-state index is 0.0996. The van der Waals surface area contributed by atoms with E-state index in [9.17, 15) is 23.3 Å². The molecular formula is C28H27N5O7S2. The molecule has 2 aliphatic carbocycles. The summed E-state index contributed by atoms with van der Waals surface area (Å²) >= 11 is 1.53. The number of nitro groups is 1. The molecule has 2 heterocycles. The second kappa shape index (κ2) is 11.4. The van der Waals surface area contributed by atoms with Crippen molar-refractivity contribution in [3.8, 4) is 0 Å². The standard InChI is InChI=1S/C28H27N5O7S2/c29-42(37,38)39-13-19-11-18(12-24(19)40-28(34)17-5-8-20(9-6-17)33(35)36)22-14-41-26-25(22)30-15-31-27(26)32-23-10-7-16-3-1-2-4-21(16)23/h1-6,8-9,14-15,18-19,23-24H,7,10-13H2,(H2,29,37,38)(H,30,31,32)/t18-,19+,23+,24+/m1/s1. The van der Waals surface area contributed by atoms with Crippen LogP contribution < -0.4 is 10.5 Å². The monoisotopic (exact) mass is 609 g/mol. The Morgan fingerprint density at radius 2 is 1.90 bits per heavy atom. The fraction of sp³-hybridized carbons (Fsp3) is 0.321. The predicted molar refractivity (Wildman–Crippen MR) is 155 cm³/mol. The first-order valence-electron chi connectivity index (χ1n) is 13.4. The number of fused-ring (bicyclic) bond motifs is 2. The summed E-state index contributed by atoms with van der Waals surface area (Å²) in [5.74, 6) is -0.472. The van der Waals surface area contributed by atoms with E-state index in [1.54, 1.807) is 0 Å². The Morgan fingerprint density at radius 1 is 1.12 bits per heavy atom. The molecule has 218 valence electrons. The fourth-order valence-electron chi connectivity index (χ4n) is 5.90. The van der Waals surface area contributed by atoms with E-state index >= 15 is 0 Å². The zero-order chi connectivity index (χ0) is 29.4. The lowest BCUT2D eigenvalue weighted by Crippen LogP contribution is -2.28. The number of non-ortho nitro benzene ring substituents is 1. The highest BCUT2D eigenvalue weighted by Crippen LogP contribution is 2.45. The molecule has 0 amide bonds. The maximum Gasteiger partial charge on any atom is 0.338 e. The molecule has 3 N–H and O–H groups in total. The number of nitrogens with one attached hydrogen (secondary N) is 1. The van der Waals surface area contributed by atoms with Crippen LogP contribution >= 0.6 is 11.3 Å². The van der Waals surface area contributed by atoms with Crippen molar-refractivity contribution in [2.24, 2.45) is 11.1 Å². The van der Waals surface area contributed by atoms with Crippen molar-refractivity contribution in [3.63, 3.8) is 0 Å². The van der Waals surface area contributed by atoms with Gasteiger partial charge in [0.15, 0.2) is 0 Å². The van der Waals surface area contributed by atoms with Crippen LogP contribution in [0.4, 0.5) is 11.5 Å². The van der Waals surface area contributed by atoms with Crippen LogP contribution in [0.3, 0.4) is 0 Å². The molecule has 6 rings (SSSR count). The molecule has 0 spiro atoms. The third-order valence-electron chi connectivity index (χ3n) is 7.91. The molecule has 14 heteroatoms. The van der Waals surface area contributed by atoms with Crippen molar-refractivity contribution in [2.45, 2.75) is 43.7 Å². The first-order chi connectivity index (χ1) is 20.2. The number of ether oxygens (including phenoxy) is 1. The number of benzene rings is 2. The SMILES string of the molecule is NS(=O)(=O)OC[C@@H]1C[C@@H](c2csc3c(N[C@H]4CCc5ccccc54)ncnc23)C[C@@H]1OC(=O)c1ccc([N+](=O)[O-])cc1. The molecular weight excluding hydrogens is 582 g/mol. The highest BCUT2D eigenvalue weighted by atomic mass is 32.2. The molecule has 0 unspecified atom stereocenters. The maximum atomic E-state index is 12.9. The Hall–Kier alpha value is -3.98. The molecule has 2 aliphatic rings. The van der Waals surface area contributed by atoms with E-state index in [4.69, 9.17) is 14.1 Å². The summed E-state index contributed by atoms with van der Waals surface area (Å²) in [6.45, 7) is -0.251. The summed E-state index contributed by atoms with van der Waals surface area (Å²) in [5.41, 5.74) is 4.36. The number of nitro benzene ring substituents is 1. The number of rotatable bonds is 9. The quantitative estimate of drug-likeness (QED) is 0.154. The lowest BCUT2D eigenvalue weighted by atomic mass is 9.98. The van der Waals surface area contributed by atoms with E-state index in [-0.39, 0.29) is 29.8 Å². The first kappa shape index (κ1) is 28.2. The van der Waals surface area contributed by atoms with Gasteiger partial charge < -0.3 is 10.1 Å². The number of hydrogen-bond donors (Lipinski definition) is 2. The summed E-state index contributed by atoms with van der Waals surface area (Å²) < 4.78 is 34.7. The van der Waals surface area contributed by atoms with E-state index in [1.807, 2.05) is 11.4 Å². The molecule has 4 aromatic rings. The zero-order valence-corrected chi connectivity index (χ0v) is 23.8. The average Bonchev–Trinajstić information content (AvgIpc) is 3.69. The van der Waals surface area contributed by atoms with E-state index < -0.39 is 33.2 Å². The average molecular weight is 610 g/mol. The van der Waals surface area contributed by atoms with Gasteiger partial charge in [0.1, 0.15) is 18.2 Å². The van der Waals surface area contributed by atoms with Gasteiger partial charge in [0.05, 0.1) is 33.4 Å². The van der Waals surface area contributed by atoms with Crippen LogP contribution in [0.15, 0.2) is 60.2 Å². The van der Waals surface area contributed by atoms with Crippen molar-refractivity contribution in [2.75, 3.05) is 11.9 Å². The van der Waals surface area contributed by atoms with E-state index in [2.05, 4.69) is 33.5 Å². The van der Waals surface area contributed by atoms with Crippen molar-refractivity contribution >= 4 is 49.3 Å². The topological polar surface area (TPSA) is 177 Å². The number of carbonyl (C=O) groups excluding carboxylic acids is 1. The highest BCUT2D eigenvalue weighted by Gasteiger charge is 2.40. The second-order valence-electron chi connectivity index (χ2n) is 10.5. The van der Waals surface area contributed by atoms with Gasteiger partial charge in [-0.3, -0.25) is 14.3 Å². The molecule has 4 atom stereocenters. The molecule has 0 aliphatic heterocycles. The zero-order valence-electron chi connectivity index (χ0n) is 22.2. The van der Waals surface area contributed by atoms with Gasteiger partial charge in [-0.05, 0) is 65.8 Å². The third kappa shape index (κ3) is 5.83. The normalized spacial score (nSPS) is 21.7. The van der Waals surface area contributed by atoms with Gasteiger partial charge in [-0.1, -0.05) is 24.3 Å². The fourth-order valence-corrected chi connectivity index (χ4v) is 7.32. The summed E-state index contributed by atoms with van der Waals surface area (Å²) in [6.07, 6.45) is 3.71. The number of aryl methyl sites for hydroxylation is 1. The van der Waals surface area contributed by atoms with Crippen LogP contribution in [0, 0.1) is 16.0 Å². The Bertz CT molecular complexity index is 1760. The van der Waals surface area contributed by atoms with Crippen LogP contribution in [-0.4, -0.2) is 42.0 Å². The lowest BCUT2D eigenvalue weighted by Gasteiger charge is -2.19. The molecule has 2 aromatic carbocycles. The van der Waals surface area contributed by atoms with Crippen molar-refractivity contribution < 1.29 is 27.1 Å². The number of hydrogen-bond acceptors (Lipinski definition) is 11. The number of nitrogens with zero attached hydrogens (tertiary/aromatic N) is 3. The lowest BCUT2D eigenvalue weighted by molar-refractivity contribution is -0.384. The van der Waals surface area contributed by atoms with Gasteiger partial charge in [0, 0.05) is 18.1 Å². The first-order valence-corrected chi connectivity index (χ1v) is 15.7. The minimum Gasteiger partial charge on any atom is -0.458 e. The number of aromatic nitrogens is 2. The van der Waals surface area contributed by atoms with Crippen molar-refractivity contribution in [1.29, 1.82) is 0 Å². The van der Waals surface area contributed by atoms with E-state index in [1.165, 1.54) is 53.1 Å². The largest absolute Gasteiger partial charge is 0.458 e. The minimum atomic E-state index is -4.20. The van der Waals surface area contributed by atoms with Gasteiger partial charge in [-0.2, -0.15) is 8.42 Å². The second-order valence-corrected chi connectivity index (χ2v) is 12.6. The van der Waals surface area contributed by atoms with Gasteiger partial charge in [-0.25, -0.2) is 19.9 Å². The summed E-state index contributed by atoms with van der Waals surface area (Å²) in [6, 6.07) is 13.6. The van der Waals surface area contributed by atoms with Crippen LogP contribution in [-0.2, 0) is 25.6 Å². The third-order valence-corrected chi connectivity index (χ3v) is 9.37. The van der Waals surface area contributed by atoms with Crippen molar-refractivity contribution in [3.05, 3.63) is 92.6 Å². The molecule has 0 saturated heterocycles. The maximum absolute atomic E-state index is 12.9. The van der Waals surface area contributed by atoms with E-state index in [0.29, 0.717) is 12.8 Å². The Kier molecular flexibility index (Phi) is 7.62. The molecule has 0 radical (unpaired) electrons.